The van der Waals surface area contributed by atoms with Crippen molar-refractivity contribution < 1.29 is 23.5 Å². The van der Waals surface area contributed by atoms with E-state index in [0.29, 0.717) is 22.9 Å². The van der Waals surface area contributed by atoms with E-state index in [1.807, 2.05) is 6.92 Å². The number of para-hydroxylation sites is 1. The third-order valence-corrected chi connectivity index (χ3v) is 5.12. The van der Waals surface area contributed by atoms with Crippen molar-refractivity contribution in [1.29, 1.82) is 0 Å². The molecule has 3 aromatic rings. The lowest BCUT2D eigenvalue weighted by Gasteiger charge is -2.23. The standard InChI is InChI=1S/C23H18F2N2O3/c1-14-6-8-15(9-7-14)23(30)17-4-2-3-5-20(17)27(22(23)29)13-21(28)26-19-11-10-16(24)12-18(19)25/h2-12,30H,13H2,1H3,(H,26,28)/t23-/m1/s1. The zero-order valence-electron chi connectivity index (χ0n) is 16.0. The van der Waals surface area contributed by atoms with Crippen molar-refractivity contribution >= 4 is 23.2 Å². The molecular formula is C23H18F2N2O3. The smallest absolute Gasteiger partial charge is 0.268 e. The Morgan fingerprint density at radius 2 is 1.77 bits per heavy atom. The normalized spacial score (nSPS) is 17.7. The summed E-state index contributed by atoms with van der Waals surface area (Å²) in [6, 6.07) is 16.3. The molecule has 1 atom stereocenters. The van der Waals surface area contributed by atoms with Gasteiger partial charge in [-0.25, -0.2) is 8.78 Å². The third-order valence-electron chi connectivity index (χ3n) is 5.12. The predicted molar refractivity (Wildman–Crippen MR) is 108 cm³/mol. The topological polar surface area (TPSA) is 69.6 Å². The minimum atomic E-state index is -1.94. The van der Waals surface area contributed by atoms with Crippen LogP contribution in [0.1, 0.15) is 16.7 Å². The summed E-state index contributed by atoms with van der Waals surface area (Å²) < 4.78 is 26.9. The van der Waals surface area contributed by atoms with Crippen LogP contribution in [0.5, 0.6) is 0 Å². The summed E-state index contributed by atoms with van der Waals surface area (Å²) in [5.74, 6) is -3.05. The van der Waals surface area contributed by atoms with Crippen molar-refractivity contribution in [2.45, 2.75) is 12.5 Å². The molecule has 3 aromatic carbocycles. The second-order valence-electron chi connectivity index (χ2n) is 7.16. The number of fused-ring (bicyclic) bond motifs is 1. The second kappa shape index (κ2) is 7.35. The lowest BCUT2D eigenvalue weighted by atomic mass is 9.87. The van der Waals surface area contributed by atoms with E-state index >= 15 is 0 Å². The fourth-order valence-corrected chi connectivity index (χ4v) is 3.59. The molecule has 152 valence electrons. The zero-order chi connectivity index (χ0) is 21.5. The molecule has 7 heteroatoms. The summed E-state index contributed by atoms with van der Waals surface area (Å²) in [5, 5.41) is 13.7. The van der Waals surface area contributed by atoms with Crippen LogP contribution in [0, 0.1) is 18.6 Å². The van der Waals surface area contributed by atoms with Crippen LogP contribution >= 0.6 is 0 Å². The second-order valence-corrected chi connectivity index (χ2v) is 7.16. The number of carbonyl (C=O) groups excluding carboxylic acids is 2. The molecule has 4 rings (SSSR count). The van der Waals surface area contributed by atoms with Gasteiger partial charge in [-0.05, 0) is 30.7 Å². The van der Waals surface area contributed by atoms with Gasteiger partial charge < -0.3 is 10.4 Å². The molecule has 0 saturated heterocycles. The molecular weight excluding hydrogens is 390 g/mol. The number of nitrogens with zero attached hydrogens (tertiary/aromatic N) is 1. The number of hydrogen-bond donors (Lipinski definition) is 2. The molecule has 0 saturated carbocycles. The molecule has 0 fully saturated rings. The van der Waals surface area contributed by atoms with Crippen molar-refractivity contribution in [3.05, 3.63) is 95.1 Å². The molecule has 0 unspecified atom stereocenters. The van der Waals surface area contributed by atoms with Crippen molar-refractivity contribution in [2.24, 2.45) is 0 Å². The summed E-state index contributed by atoms with van der Waals surface area (Å²) in [4.78, 5) is 26.9. The molecule has 1 heterocycles. The first-order chi connectivity index (χ1) is 14.3. The molecule has 0 aliphatic carbocycles. The molecule has 5 nitrogen and oxygen atoms in total. The Hall–Kier alpha value is -3.58. The summed E-state index contributed by atoms with van der Waals surface area (Å²) in [5.41, 5.74) is -0.0298. The highest BCUT2D eigenvalue weighted by Crippen LogP contribution is 2.44. The van der Waals surface area contributed by atoms with Crippen LogP contribution in [0.3, 0.4) is 0 Å². The highest BCUT2D eigenvalue weighted by molar-refractivity contribution is 6.12. The highest BCUT2D eigenvalue weighted by atomic mass is 19.1. The number of aryl methyl sites for hydroxylation is 1. The first-order valence-electron chi connectivity index (χ1n) is 9.26. The summed E-state index contributed by atoms with van der Waals surface area (Å²) >= 11 is 0. The van der Waals surface area contributed by atoms with Gasteiger partial charge >= 0.3 is 0 Å². The first-order valence-corrected chi connectivity index (χ1v) is 9.26. The van der Waals surface area contributed by atoms with Crippen LogP contribution in [0.2, 0.25) is 0 Å². The van der Waals surface area contributed by atoms with Crippen LogP contribution in [0.4, 0.5) is 20.2 Å². The SMILES string of the molecule is Cc1ccc([C@]2(O)C(=O)N(CC(=O)Nc3ccc(F)cc3F)c3ccccc32)cc1. The van der Waals surface area contributed by atoms with Gasteiger partial charge in [0.15, 0.2) is 5.60 Å². The van der Waals surface area contributed by atoms with Crippen LogP contribution in [-0.4, -0.2) is 23.5 Å². The monoisotopic (exact) mass is 408 g/mol. The maximum atomic E-state index is 13.8. The Morgan fingerprint density at radius 3 is 2.47 bits per heavy atom. The summed E-state index contributed by atoms with van der Waals surface area (Å²) in [6.45, 7) is 1.45. The summed E-state index contributed by atoms with van der Waals surface area (Å²) in [7, 11) is 0. The van der Waals surface area contributed by atoms with E-state index in [2.05, 4.69) is 5.32 Å². The molecule has 1 aliphatic rings. The minimum Gasteiger partial charge on any atom is -0.372 e. The number of anilines is 2. The molecule has 0 radical (unpaired) electrons. The Kier molecular flexibility index (Phi) is 4.83. The van der Waals surface area contributed by atoms with Gasteiger partial charge in [0.25, 0.3) is 5.91 Å². The van der Waals surface area contributed by atoms with Crippen LogP contribution in [-0.2, 0) is 15.2 Å². The molecule has 30 heavy (non-hydrogen) atoms. The van der Waals surface area contributed by atoms with E-state index in [1.165, 1.54) is 0 Å². The Balaban J connectivity index is 1.65. The van der Waals surface area contributed by atoms with Gasteiger partial charge in [0, 0.05) is 11.6 Å². The predicted octanol–water partition coefficient (Wildman–Crippen LogP) is 3.49. The van der Waals surface area contributed by atoms with Gasteiger partial charge in [0.1, 0.15) is 18.2 Å². The molecule has 0 spiro atoms. The number of benzene rings is 3. The highest BCUT2D eigenvalue weighted by Gasteiger charge is 2.51. The van der Waals surface area contributed by atoms with Crippen molar-refractivity contribution in [2.75, 3.05) is 16.8 Å². The first kappa shape index (κ1) is 19.7. The molecule has 2 amide bonds. The zero-order valence-corrected chi connectivity index (χ0v) is 16.0. The van der Waals surface area contributed by atoms with Crippen LogP contribution in [0.15, 0.2) is 66.7 Å². The van der Waals surface area contributed by atoms with Gasteiger partial charge in [0.05, 0.1) is 11.4 Å². The fourth-order valence-electron chi connectivity index (χ4n) is 3.59. The van der Waals surface area contributed by atoms with Crippen LogP contribution < -0.4 is 10.2 Å². The summed E-state index contributed by atoms with van der Waals surface area (Å²) in [6.07, 6.45) is 0. The van der Waals surface area contributed by atoms with E-state index in [9.17, 15) is 23.5 Å². The maximum Gasteiger partial charge on any atom is 0.268 e. The van der Waals surface area contributed by atoms with E-state index < -0.39 is 35.6 Å². The van der Waals surface area contributed by atoms with Crippen LogP contribution in [0.25, 0.3) is 0 Å². The van der Waals surface area contributed by atoms with E-state index in [0.717, 1.165) is 22.6 Å². The lowest BCUT2D eigenvalue weighted by Crippen LogP contribution is -2.44. The van der Waals surface area contributed by atoms with Crippen molar-refractivity contribution in [3.63, 3.8) is 0 Å². The average molecular weight is 408 g/mol. The van der Waals surface area contributed by atoms with E-state index in [4.69, 9.17) is 0 Å². The number of aliphatic hydroxyl groups is 1. The molecule has 0 aromatic heterocycles. The Bertz CT molecular complexity index is 1150. The molecule has 2 N–H and O–H groups in total. The lowest BCUT2D eigenvalue weighted by molar-refractivity contribution is -0.133. The van der Waals surface area contributed by atoms with E-state index in [1.54, 1.807) is 48.5 Å². The number of rotatable bonds is 4. The number of hydrogen-bond acceptors (Lipinski definition) is 3. The molecule has 1 aliphatic heterocycles. The fraction of sp³-hybridized carbons (Fsp3) is 0.130. The third kappa shape index (κ3) is 3.23. The van der Waals surface area contributed by atoms with Gasteiger partial charge in [-0.15, -0.1) is 0 Å². The number of amides is 2. The van der Waals surface area contributed by atoms with Gasteiger partial charge in [-0.1, -0.05) is 48.0 Å². The van der Waals surface area contributed by atoms with E-state index in [-0.39, 0.29) is 5.69 Å². The van der Waals surface area contributed by atoms with Gasteiger partial charge in [-0.2, -0.15) is 0 Å². The average Bonchev–Trinajstić information content (AvgIpc) is 2.93. The Morgan fingerprint density at radius 1 is 1.07 bits per heavy atom. The van der Waals surface area contributed by atoms with Gasteiger partial charge in [0.2, 0.25) is 5.91 Å². The number of halogens is 2. The quantitative estimate of drug-likeness (QED) is 0.694. The maximum absolute atomic E-state index is 13.8. The molecule has 0 bridgehead atoms. The number of carbonyl (C=O) groups is 2. The van der Waals surface area contributed by atoms with Crippen molar-refractivity contribution in [3.8, 4) is 0 Å². The minimum absolute atomic E-state index is 0.199. The largest absolute Gasteiger partial charge is 0.372 e. The Labute approximate surface area is 171 Å². The van der Waals surface area contributed by atoms with Crippen molar-refractivity contribution in [1.82, 2.24) is 0 Å². The number of nitrogens with one attached hydrogen (secondary N) is 1. The van der Waals surface area contributed by atoms with Gasteiger partial charge in [-0.3, -0.25) is 14.5 Å².